The van der Waals surface area contributed by atoms with E-state index in [1.165, 1.54) is 0 Å². The minimum Gasteiger partial charge on any atom is -0.392 e. The highest BCUT2D eigenvalue weighted by atomic mass is 16.3. The van der Waals surface area contributed by atoms with Gasteiger partial charge in [-0.2, -0.15) is 15.0 Å². The van der Waals surface area contributed by atoms with Crippen molar-refractivity contribution in [1.29, 1.82) is 0 Å². The highest BCUT2D eigenvalue weighted by molar-refractivity contribution is 5.62. The molecule has 4 rings (SSSR count). The lowest BCUT2D eigenvalue weighted by Crippen LogP contribution is -2.45. The number of nitrogens with one attached hydrogen (secondary N) is 1. The van der Waals surface area contributed by atoms with Crippen LogP contribution in [0.4, 0.5) is 17.8 Å². The predicted molar refractivity (Wildman–Crippen MR) is 116 cm³/mol. The summed E-state index contributed by atoms with van der Waals surface area (Å²) in [6.45, 7) is 5.81. The van der Waals surface area contributed by atoms with Crippen molar-refractivity contribution in [2.75, 3.05) is 43.4 Å². The van der Waals surface area contributed by atoms with E-state index in [2.05, 4.69) is 47.1 Å². The summed E-state index contributed by atoms with van der Waals surface area (Å²) in [5.74, 6) is 2.32. The maximum absolute atomic E-state index is 9.17. The Morgan fingerprint density at radius 1 is 0.900 bits per heavy atom. The van der Waals surface area contributed by atoms with Gasteiger partial charge < -0.3 is 14.9 Å². The Bertz CT molecular complexity index is 969. The van der Waals surface area contributed by atoms with Crippen molar-refractivity contribution in [3.05, 3.63) is 48.0 Å². The van der Waals surface area contributed by atoms with Crippen LogP contribution in [0.3, 0.4) is 0 Å². The smallest absolute Gasteiger partial charge is 0.234 e. The van der Waals surface area contributed by atoms with Gasteiger partial charge in [0, 0.05) is 50.6 Å². The van der Waals surface area contributed by atoms with E-state index in [4.69, 9.17) is 0 Å². The van der Waals surface area contributed by atoms with Crippen LogP contribution >= 0.6 is 0 Å². The zero-order chi connectivity index (χ0) is 20.9. The molecule has 0 atom stereocenters. The van der Waals surface area contributed by atoms with E-state index in [1.807, 2.05) is 31.2 Å². The van der Waals surface area contributed by atoms with E-state index in [0.29, 0.717) is 17.8 Å². The van der Waals surface area contributed by atoms with Gasteiger partial charge in [0.15, 0.2) is 0 Å². The highest BCUT2D eigenvalue weighted by Gasteiger charge is 2.18. The second-order valence-electron chi connectivity index (χ2n) is 7.29. The Balaban J connectivity index is 1.51. The van der Waals surface area contributed by atoms with E-state index < -0.39 is 0 Å². The van der Waals surface area contributed by atoms with E-state index in [9.17, 15) is 5.11 Å². The van der Waals surface area contributed by atoms with Crippen molar-refractivity contribution >= 4 is 17.8 Å². The summed E-state index contributed by atoms with van der Waals surface area (Å²) in [7, 11) is 2.12. The molecule has 0 unspecified atom stereocenters. The molecule has 1 aliphatic heterocycles. The van der Waals surface area contributed by atoms with Gasteiger partial charge in [0.2, 0.25) is 17.8 Å². The van der Waals surface area contributed by atoms with Gasteiger partial charge in [0.05, 0.1) is 6.61 Å². The number of nitrogens with zero attached hydrogens (tertiary/aromatic N) is 7. The molecule has 1 fully saturated rings. The summed E-state index contributed by atoms with van der Waals surface area (Å²) in [4.78, 5) is 27.0. The second-order valence-corrected chi connectivity index (χ2v) is 7.29. The van der Waals surface area contributed by atoms with E-state index in [-0.39, 0.29) is 6.61 Å². The van der Waals surface area contributed by atoms with Crippen molar-refractivity contribution in [2.45, 2.75) is 20.0 Å². The van der Waals surface area contributed by atoms with Crippen LogP contribution in [0.1, 0.15) is 18.3 Å². The molecule has 0 amide bonds. The van der Waals surface area contributed by atoms with Crippen LogP contribution in [0.15, 0.2) is 36.7 Å². The SMILES string of the molecule is CCc1nc(Nc2ncc(-c3ccc(CO)cc3)cn2)nc(N2CCN(C)CC2)n1. The zero-order valence-electron chi connectivity index (χ0n) is 17.3. The molecular formula is C21H26N8O. The van der Waals surface area contributed by atoms with Crippen molar-refractivity contribution in [2.24, 2.45) is 0 Å². The fraction of sp³-hybridized carbons (Fsp3) is 0.381. The largest absolute Gasteiger partial charge is 0.392 e. The molecule has 9 heteroatoms. The molecule has 30 heavy (non-hydrogen) atoms. The Kier molecular flexibility index (Phi) is 6.10. The first-order chi connectivity index (χ1) is 14.6. The Labute approximate surface area is 175 Å². The van der Waals surface area contributed by atoms with Crippen LogP contribution in [0, 0.1) is 0 Å². The van der Waals surface area contributed by atoms with Crippen LogP contribution in [-0.2, 0) is 13.0 Å². The van der Waals surface area contributed by atoms with Crippen LogP contribution in [-0.4, -0.2) is 68.2 Å². The quantitative estimate of drug-likeness (QED) is 0.635. The number of rotatable bonds is 6. The van der Waals surface area contributed by atoms with Crippen LogP contribution in [0.25, 0.3) is 11.1 Å². The highest BCUT2D eigenvalue weighted by Crippen LogP contribution is 2.20. The first-order valence-corrected chi connectivity index (χ1v) is 10.1. The van der Waals surface area contributed by atoms with Gasteiger partial charge in [-0.1, -0.05) is 31.2 Å². The summed E-state index contributed by atoms with van der Waals surface area (Å²) in [6, 6.07) is 7.66. The fourth-order valence-corrected chi connectivity index (χ4v) is 3.21. The van der Waals surface area contributed by atoms with Crippen LogP contribution < -0.4 is 10.2 Å². The number of aromatic nitrogens is 5. The molecule has 3 aromatic rings. The van der Waals surface area contributed by atoms with E-state index in [0.717, 1.165) is 55.1 Å². The average molecular weight is 406 g/mol. The van der Waals surface area contributed by atoms with Gasteiger partial charge in [-0.3, -0.25) is 5.32 Å². The number of aliphatic hydroxyl groups excluding tert-OH is 1. The van der Waals surface area contributed by atoms with Gasteiger partial charge in [-0.05, 0) is 18.2 Å². The Morgan fingerprint density at radius 3 is 2.23 bits per heavy atom. The summed E-state index contributed by atoms with van der Waals surface area (Å²) in [5.41, 5.74) is 2.76. The molecule has 2 N–H and O–H groups in total. The third kappa shape index (κ3) is 4.69. The monoisotopic (exact) mass is 406 g/mol. The first kappa shape index (κ1) is 20.1. The number of aliphatic hydroxyl groups is 1. The summed E-state index contributed by atoms with van der Waals surface area (Å²) >= 11 is 0. The maximum Gasteiger partial charge on any atom is 0.234 e. The van der Waals surface area contributed by atoms with Crippen molar-refractivity contribution in [3.63, 3.8) is 0 Å². The van der Waals surface area contributed by atoms with Crippen LogP contribution in [0.2, 0.25) is 0 Å². The van der Waals surface area contributed by atoms with E-state index >= 15 is 0 Å². The van der Waals surface area contributed by atoms with E-state index in [1.54, 1.807) is 12.4 Å². The molecule has 0 bridgehead atoms. The Hall–Kier alpha value is -3.17. The molecule has 0 saturated carbocycles. The van der Waals surface area contributed by atoms with Gasteiger partial charge >= 0.3 is 0 Å². The first-order valence-electron chi connectivity index (χ1n) is 10.1. The topological polar surface area (TPSA) is 103 Å². The normalized spacial score (nSPS) is 14.7. The molecule has 1 aromatic carbocycles. The minimum absolute atomic E-state index is 0.0292. The van der Waals surface area contributed by atoms with Gasteiger partial charge in [0.25, 0.3) is 0 Å². The number of hydrogen-bond acceptors (Lipinski definition) is 9. The number of piperazine rings is 1. The molecule has 156 valence electrons. The molecule has 2 aromatic heterocycles. The lowest BCUT2D eigenvalue weighted by atomic mass is 10.1. The fourth-order valence-electron chi connectivity index (χ4n) is 3.21. The van der Waals surface area contributed by atoms with Gasteiger partial charge in [-0.15, -0.1) is 0 Å². The summed E-state index contributed by atoms with van der Waals surface area (Å²) < 4.78 is 0. The third-order valence-corrected chi connectivity index (χ3v) is 5.12. The van der Waals surface area contributed by atoms with Crippen molar-refractivity contribution in [1.82, 2.24) is 29.8 Å². The lowest BCUT2D eigenvalue weighted by Gasteiger charge is -2.32. The van der Waals surface area contributed by atoms with Gasteiger partial charge in [0.1, 0.15) is 5.82 Å². The zero-order valence-corrected chi connectivity index (χ0v) is 17.3. The molecule has 3 heterocycles. The Morgan fingerprint density at radius 2 is 1.60 bits per heavy atom. The molecule has 0 aliphatic carbocycles. The minimum atomic E-state index is 0.0292. The molecule has 1 saturated heterocycles. The van der Waals surface area contributed by atoms with Crippen LogP contribution in [0.5, 0.6) is 0 Å². The number of benzene rings is 1. The average Bonchev–Trinajstić information content (AvgIpc) is 2.80. The lowest BCUT2D eigenvalue weighted by molar-refractivity contribution is 0.282. The molecule has 0 radical (unpaired) electrons. The van der Waals surface area contributed by atoms with Gasteiger partial charge in [-0.25, -0.2) is 9.97 Å². The standard InChI is InChI=1S/C21H26N8O/c1-3-18-24-20(27-21(25-18)29-10-8-28(2)9-11-29)26-19-22-12-17(13-23-19)16-6-4-15(14-30)5-7-16/h4-7,12-13,30H,3,8-11,14H2,1-2H3,(H,22,23,24,25,26,27). The molecule has 9 nitrogen and oxygen atoms in total. The number of anilines is 3. The maximum atomic E-state index is 9.17. The number of aryl methyl sites for hydroxylation is 1. The molecular weight excluding hydrogens is 380 g/mol. The summed E-state index contributed by atoms with van der Waals surface area (Å²) in [5, 5.41) is 12.3. The van der Waals surface area contributed by atoms with Crippen molar-refractivity contribution in [3.8, 4) is 11.1 Å². The number of likely N-dealkylation sites (N-methyl/N-ethyl adjacent to an activating group) is 1. The predicted octanol–water partition coefficient (Wildman–Crippen LogP) is 1.88. The number of hydrogen-bond donors (Lipinski definition) is 2. The third-order valence-electron chi connectivity index (χ3n) is 5.12. The second kappa shape index (κ2) is 9.10. The molecule has 0 spiro atoms. The molecule has 1 aliphatic rings. The summed E-state index contributed by atoms with van der Waals surface area (Å²) in [6.07, 6.45) is 4.24. The van der Waals surface area contributed by atoms with Crippen molar-refractivity contribution < 1.29 is 5.11 Å².